The van der Waals surface area contributed by atoms with Crippen LogP contribution in [-0.2, 0) is 22.4 Å². The van der Waals surface area contributed by atoms with Crippen LogP contribution in [0.25, 0.3) is 10.6 Å². The Morgan fingerprint density at radius 3 is 2.50 bits per heavy atom. The van der Waals surface area contributed by atoms with Crippen molar-refractivity contribution in [2.45, 2.75) is 26.7 Å². The van der Waals surface area contributed by atoms with Crippen LogP contribution >= 0.6 is 22.7 Å². The molecular formula is C13H13NO2S2. The van der Waals surface area contributed by atoms with Crippen molar-refractivity contribution in [3.8, 4) is 10.6 Å². The van der Waals surface area contributed by atoms with Crippen LogP contribution in [0.15, 0.2) is 17.5 Å². The molecular weight excluding hydrogens is 266 g/mol. The number of rotatable bonds is 5. The molecule has 0 saturated heterocycles. The summed E-state index contributed by atoms with van der Waals surface area (Å²) in [6.45, 7) is 3.12. The third-order valence-electron chi connectivity index (χ3n) is 2.31. The predicted octanol–water partition coefficient (Wildman–Crippen LogP) is 3.13. The zero-order valence-electron chi connectivity index (χ0n) is 10.2. The molecule has 2 heterocycles. The first kappa shape index (κ1) is 13.1. The molecule has 2 aromatic rings. The van der Waals surface area contributed by atoms with Gasteiger partial charge in [-0.15, -0.1) is 22.7 Å². The number of thiazole rings is 1. The summed E-state index contributed by atoms with van der Waals surface area (Å²) in [7, 11) is 0. The predicted molar refractivity (Wildman–Crippen MR) is 74.2 cm³/mol. The van der Waals surface area contributed by atoms with E-state index < -0.39 is 0 Å². The lowest BCUT2D eigenvalue weighted by Gasteiger charge is -1.96. The van der Waals surface area contributed by atoms with Gasteiger partial charge in [-0.3, -0.25) is 9.59 Å². The Bertz CT molecular complexity index is 570. The molecule has 0 radical (unpaired) electrons. The summed E-state index contributed by atoms with van der Waals surface area (Å²) in [6.07, 6.45) is 0.740. The summed E-state index contributed by atoms with van der Waals surface area (Å²) in [4.78, 5) is 28.9. The summed E-state index contributed by atoms with van der Waals surface area (Å²) < 4.78 is 0. The molecule has 0 unspecified atom stereocenters. The first-order valence-electron chi connectivity index (χ1n) is 5.57. The highest BCUT2D eigenvalue weighted by molar-refractivity contribution is 7.15. The van der Waals surface area contributed by atoms with E-state index in [2.05, 4.69) is 4.98 Å². The van der Waals surface area contributed by atoms with Crippen molar-refractivity contribution in [3.63, 3.8) is 0 Å². The minimum absolute atomic E-state index is 0.0934. The molecule has 0 spiro atoms. The number of carbonyl (C=O) groups excluding carboxylic acids is 2. The largest absolute Gasteiger partial charge is 0.300 e. The molecule has 0 aliphatic heterocycles. The average Bonchev–Trinajstić information content (AvgIpc) is 2.85. The number of aromatic nitrogens is 1. The zero-order valence-corrected chi connectivity index (χ0v) is 11.9. The standard InChI is InChI=1S/C13H13NO2S2/c1-8(15)6-11-13(10-4-3-5-17-10)14-12(18-11)7-9(2)16/h3-5H,6-7H2,1-2H3. The van der Waals surface area contributed by atoms with Gasteiger partial charge in [0.1, 0.15) is 16.6 Å². The summed E-state index contributed by atoms with van der Waals surface area (Å²) in [5, 5.41) is 2.78. The highest BCUT2D eigenvalue weighted by Gasteiger charge is 2.16. The van der Waals surface area contributed by atoms with E-state index in [1.54, 1.807) is 25.2 Å². The van der Waals surface area contributed by atoms with Crippen LogP contribution in [0.5, 0.6) is 0 Å². The molecule has 0 aliphatic carbocycles. The molecule has 3 nitrogen and oxygen atoms in total. The van der Waals surface area contributed by atoms with E-state index >= 15 is 0 Å². The zero-order chi connectivity index (χ0) is 13.1. The molecule has 18 heavy (non-hydrogen) atoms. The molecule has 5 heteroatoms. The van der Waals surface area contributed by atoms with Crippen molar-refractivity contribution in [1.29, 1.82) is 0 Å². The van der Waals surface area contributed by atoms with E-state index in [0.717, 1.165) is 20.5 Å². The summed E-state index contributed by atoms with van der Waals surface area (Å²) in [5.41, 5.74) is 0.862. The number of carbonyl (C=O) groups is 2. The van der Waals surface area contributed by atoms with Crippen molar-refractivity contribution in [3.05, 3.63) is 27.4 Å². The molecule has 2 aromatic heterocycles. The topological polar surface area (TPSA) is 47.0 Å². The lowest BCUT2D eigenvalue weighted by Crippen LogP contribution is -1.95. The third-order valence-corrected chi connectivity index (χ3v) is 4.24. The van der Waals surface area contributed by atoms with Gasteiger partial charge in [-0.25, -0.2) is 4.98 Å². The first-order valence-corrected chi connectivity index (χ1v) is 7.27. The van der Waals surface area contributed by atoms with Crippen LogP contribution in [0, 0.1) is 0 Å². The first-order chi connectivity index (χ1) is 8.56. The lowest BCUT2D eigenvalue weighted by atomic mass is 10.2. The van der Waals surface area contributed by atoms with Gasteiger partial charge in [0.15, 0.2) is 0 Å². The molecule has 0 fully saturated rings. The van der Waals surface area contributed by atoms with Gasteiger partial charge < -0.3 is 0 Å². The van der Waals surface area contributed by atoms with Gasteiger partial charge in [0, 0.05) is 11.3 Å². The van der Waals surface area contributed by atoms with Crippen molar-refractivity contribution >= 4 is 34.2 Å². The van der Waals surface area contributed by atoms with Crippen LogP contribution in [0.1, 0.15) is 23.7 Å². The van der Waals surface area contributed by atoms with Crippen LogP contribution in [-0.4, -0.2) is 16.6 Å². The molecule has 2 rings (SSSR count). The van der Waals surface area contributed by atoms with Crippen molar-refractivity contribution in [1.82, 2.24) is 4.98 Å². The van der Waals surface area contributed by atoms with Gasteiger partial charge in [-0.1, -0.05) is 6.07 Å². The SMILES string of the molecule is CC(=O)Cc1nc(-c2cccs2)c(CC(C)=O)s1. The van der Waals surface area contributed by atoms with Gasteiger partial charge in [0.05, 0.1) is 17.0 Å². The quantitative estimate of drug-likeness (QED) is 0.844. The Labute approximate surface area is 114 Å². The minimum Gasteiger partial charge on any atom is -0.300 e. The van der Waals surface area contributed by atoms with E-state index in [1.165, 1.54) is 11.3 Å². The second-order valence-corrected chi connectivity index (χ2v) is 6.23. The van der Waals surface area contributed by atoms with Crippen LogP contribution < -0.4 is 0 Å². The van der Waals surface area contributed by atoms with E-state index in [0.29, 0.717) is 12.8 Å². The van der Waals surface area contributed by atoms with E-state index in [-0.39, 0.29) is 11.6 Å². The lowest BCUT2D eigenvalue weighted by molar-refractivity contribution is -0.117. The van der Waals surface area contributed by atoms with Crippen LogP contribution in [0.3, 0.4) is 0 Å². The van der Waals surface area contributed by atoms with Gasteiger partial charge in [0.25, 0.3) is 0 Å². The van der Waals surface area contributed by atoms with E-state index in [9.17, 15) is 9.59 Å². The fourth-order valence-corrected chi connectivity index (χ4v) is 3.67. The highest BCUT2D eigenvalue weighted by Crippen LogP contribution is 2.32. The van der Waals surface area contributed by atoms with Crippen LogP contribution in [0.2, 0.25) is 0 Å². The van der Waals surface area contributed by atoms with Gasteiger partial charge >= 0.3 is 0 Å². The molecule has 94 valence electrons. The third kappa shape index (κ3) is 3.11. The number of nitrogens with zero attached hydrogens (tertiary/aromatic N) is 1. The number of ketones is 2. The molecule has 0 N–H and O–H groups in total. The Kier molecular flexibility index (Phi) is 4.04. The van der Waals surface area contributed by atoms with Gasteiger partial charge in [-0.2, -0.15) is 0 Å². The van der Waals surface area contributed by atoms with E-state index in [1.807, 2.05) is 17.5 Å². The normalized spacial score (nSPS) is 10.6. The number of thiophene rings is 1. The monoisotopic (exact) mass is 279 g/mol. The summed E-state index contributed by atoms with van der Waals surface area (Å²) >= 11 is 3.07. The van der Waals surface area contributed by atoms with Crippen molar-refractivity contribution in [2.24, 2.45) is 0 Å². The Balaban J connectivity index is 2.38. The summed E-state index contributed by atoms with van der Waals surface area (Å²) in [5.74, 6) is 0.210. The van der Waals surface area contributed by atoms with Crippen LogP contribution in [0.4, 0.5) is 0 Å². The number of Topliss-reactive ketones (excluding diaryl/α,β-unsaturated/α-hetero) is 2. The second-order valence-electron chi connectivity index (χ2n) is 4.11. The Hall–Kier alpha value is -1.33. The average molecular weight is 279 g/mol. The Morgan fingerprint density at radius 1 is 1.22 bits per heavy atom. The van der Waals surface area contributed by atoms with Gasteiger partial charge in [-0.05, 0) is 25.3 Å². The maximum Gasteiger partial charge on any atom is 0.136 e. The Morgan fingerprint density at radius 2 is 1.94 bits per heavy atom. The number of hydrogen-bond donors (Lipinski definition) is 0. The molecule has 0 amide bonds. The van der Waals surface area contributed by atoms with Crippen molar-refractivity contribution < 1.29 is 9.59 Å². The smallest absolute Gasteiger partial charge is 0.136 e. The summed E-state index contributed by atoms with van der Waals surface area (Å²) in [6, 6.07) is 3.95. The fourth-order valence-electron chi connectivity index (χ4n) is 1.64. The molecule has 0 saturated carbocycles. The highest BCUT2D eigenvalue weighted by atomic mass is 32.1. The van der Waals surface area contributed by atoms with E-state index in [4.69, 9.17) is 0 Å². The maximum atomic E-state index is 11.3. The molecule has 0 aliphatic rings. The maximum absolute atomic E-state index is 11.3. The molecule has 0 bridgehead atoms. The minimum atomic E-state index is 0.0934. The molecule has 0 aromatic carbocycles. The fraction of sp³-hybridized carbons (Fsp3) is 0.308. The molecule has 0 atom stereocenters. The number of hydrogen-bond acceptors (Lipinski definition) is 5. The van der Waals surface area contributed by atoms with Crippen molar-refractivity contribution in [2.75, 3.05) is 0 Å². The van der Waals surface area contributed by atoms with Gasteiger partial charge in [0.2, 0.25) is 0 Å². The second kappa shape index (κ2) is 5.54.